The largest absolute Gasteiger partial charge is 0.369 e. The molecule has 16 heavy (non-hydrogen) atoms. The summed E-state index contributed by atoms with van der Waals surface area (Å²) < 4.78 is 0. The first kappa shape index (κ1) is 10.9. The molecule has 0 atom stereocenters. The molecule has 1 heterocycles. The van der Waals surface area contributed by atoms with E-state index in [2.05, 4.69) is 10.2 Å². The number of nitro groups is 1. The molecule has 0 spiro atoms. The predicted octanol–water partition coefficient (Wildman–Crippen LogP) is 1.31. The fourth-order valence-corrected chi connectivity index (χ4v) is 1.82. The summed E-state index contributed by atoms with van der Waals surface area (Å²) in [6.45, 7) is 3.73. The smallest absolute Gasteiger partial charge is 0.272 e. The number of nitro benzene ring substituents is 1. The van der Waals surface area contributed by atoms with Crippen LogP contribution < -0.4 is 10.2 Å². The third-order valence-corrected chi connectivity index (χ3v) is 3.09. The Morgan fingerprint density at radius 3 is 2.62 bits per heavy atom. The first-order valence-corrected chi connectivity index (χ1v) is 5.28. The monoisotopic (exact) mass is 221 g/mol. The van der Waals surface area contributed by atoms with E-state index in [4.69, 9.17) is 0 Å². The number of likely N-dealkylation sites (N-methyl/N-ethyl adjacent to an activating group) is 1. The van der Waals surface area contributed by atoms with Crippen LogP contribution in [0.3, 0.4) is 0 Å². The molecule has 1 saturated heterocycles. The van der Waals surface area contributed by atoms with E-state index in [-0.39, 0.29) is 10.6 Å². The Morgan fingerprint density at radius 2 is 2.19 bits per heavy atom. The van der Waals surface area contributed by atoms with Gasteiger partial charge in [0.2, 0.25) is 0 Å². The fraction of sp³-hybridized carbons (Fsp3) is 0.455. The van der Waals surface area contributed by atoms with E-state index in [1.807, 2.05) is 19.2 Å². The zero-order valence-electron chi connectivity index (χ0n) is 9.43. The Kier molecular flexibility index (Phi) is 2.78. The number of anilines is 1. The van der Waals surface area contributed by atoms with Crippen molar-refractivity contribution in [3.8, 4) is 0 Å². The molecule has 1 aliphatic rings. The Labute approximate surface area is 94.2 Å². The number of benzene rings is 1. The lowest BCUT2D eigenvalue weighted by molar-refractivity contribution is -0.385. The highest BCUT2D eigenvalue weighted by Gasteiger charge is 2.22. The Balaban J connectivity index is 2.22. The Morgan fingerprint density at radius 1 is 1.50 bits per heavy atom. The van der Waals surface area contributed by atoms with E-state index < -0.39 is 0 Å². The molecule has 0 unspecified atom stereocenters. The highest BCUT2D eigenvalue weighted by molar-refractivity contribution is 5.55. The van der Waals surface area contributed by atoms with Gasteiger partial charge in [-0.25, -0.2) is 0 Å². The molecule has 1 aliphatic heterocycles. The third-order valence-electron chi connectivity index (χ3n) is 3.09. The van der Waals surface area contributed by atoms with E-state index in [0.29, 0.717) is 11.6 Å². The molecule has 1 fully saturated rings. The molecule has 1 N–H and O–H groups in total. The number of rotatable bonds is 3. The zero-order valence-corrected chi connectivity index (χ0v) is 9.43. The van der Waals surface area contributed by atoms with Gasteiger partial charge in [-0.15, -0.1) is 0 Å². The second-order valence-corrected chi connectivity index (χ2v) is 4.15. The van der Waals surface area contributed by atoms with Crippen LogP contribution in [0.15, 0.2) is 18.2 Å². The fourth-order valence-electron chi connectivity index (χ4n) is 1.82. The molecular formula is C11H15N3O2. The summed E-state index contributed by atoms with van der Waals surface area (Å²) in [5.74, 6) is 0. The summed E-state index contributed by atoms with van der Waals surface area (Å²) >= 11 is 0. The van der Waals surface area contributed by atoms with Crippen LogP contribution in [0.5, 0.6) is 0 Å². The molecule has 0 saturated carbocycles. The second-order valence-electron chi connectivity index (χ2n) is 4.15. The van der Waals surface area contributed by atoms with Gasteiger partial charge < -0.3 is 10.2 Å². The van der Waals surface area contributed by atoms with Gasteiger partial charge in [0, 0.05) is 37.5 Å². The van der Waals surface area contributed by atoms with Crippen LogP contribution in [0.4, 0.5) is 11.4 Å². The van der Waals surface area contributed by atoms with Crippen molar-refractivity contribution < 1.29 is 4.92 Å². The van der Waals surface area contributed by atoms with Gasteiger partial charge in [-0.1, -0.05) is 0 Å². The first-order valence-electron chi connectivity index (χ1n) is 5.28. The molecule has 1 aromatic rings. The quantitative estimate of drug-likeness (QED) is 0.617. The van der Waals surface area contributed by atoms with Crippen LogP contribution in [-0.2, 0) is 0 Å². The number of aryl methyl sites for hydroxylation is 1. The molecule has 0 bridgehead atoms. The van der Waals surface area contributed by atoms with E-state index in [1.54, 1.807) is 13.0 Å². The molecule has 0 radical (unpaired) electrons. The van der Waals surface area contributed by atoms with Crippen molar-refractivity contribution in [2.75, 3.05) is 25.0 Å². The van der Waals surface area contributed by atoms with E-state index >= 15 is 0 Å². The van der Waals surface area contributed by atoms with Crippen molar-refractivity contribution in [1.82, 2.24) is 5.32 Å². The van der Waals surface area contributed by atoms with Crippen molar-refractivity contribution in [3.63, 3.8) is 0 Å². The van der Waals surface area contributed by atoms with Gasteiger partial charge in [-0.05, 0) is 19.1 Å². The normalized spacial score (nSPS) is 15.6. The van der Waals surface area contributed by atoms with Gasteiger partial charge in [0.25, 0.3) is 5.69 Å². The average Bonchev–Trinajstić information content (AvgIpc) is 2.14. The SMILES string of the molecule is Cc1cc(N(C)C2CNC2)ccc1[N+](=O)[O-]. The Hall–Kier alpha value is -1.62. The van der Waals surface area contributed by atoms with Gasteiger partial charge in [0.05, 0.1) is 11.0 Å². The predicted molar refractivity (Wildman–Crippen MR) is 62.9 cm³/mol. The molecule has 86 valence electrons. The minimum atomic E-state index is -0.343. The maximum Gasteiger partial charge on any atom is 0.272 e. The number of nitrogens with zero attached hydrogens (tertiary/aromatic N) is 2. The first-order chi connectivity index (χ1) is 7.59. The topological polar surface area (TPSA) is 58.4 Å². The minimum absolute atomic E-state index is 0.184. The molecule has 0 aromatic heterocycles. The lowest BCUT2D eigenvalue weighted by atomic mass is 10.1. The van der Waals surface area contributed by atoms with Crippen molar-refractivity contribution >= 4 is 11.4 Å². The molecule has 0 aliphatic carbocycles. The summed E-state index contributed by atoms with van der Waals surface area (Å²) in [6.07, 6.45) is 0. The van der Waals surface area contributed by atoms with Crippen molar-refractivity contribution in [1.29, 1.82) is 0 Å². The van der Waals surface area contributed by atoms with Crippen LogP contribution in [0.1, 0.15) is 5.56 Å². The average molecular weight is 221 g/mol. The zero-order chi connectivity index (χ0) is 11.7. The van der Waals surface area contributed by atoms with Gasteiger partial charge in [0.15, 0.2) is 0 Å². The summed E-state index contributed by atoms with van der Waals surface area (Å²) in [5, 5.41) is 13.9. The molecule has 5 heteroatoms. The van der Waals surface area contributed by atoms with E-state index in [9.17, 15) is 10.1 Å². The molecule has 0 amide bonds. The molecule has 2 rings (SSSR count). The van der Waals surface area contributed by atoms with E-state index in [1.165, 1.54) is 0 Å². The summed E-state index contributed by atoms with van der Waals surface area (Å²) in [5.41, 5.74) is 1.93. The van der Waals surface area contributed by atoms with Crippen molar-refractivity contribution in [2.24, 2.45) is 0 Å². The van der Waals surface area contributed by atoms with Crippen LogP contribution in [-0.4, -0.2) is 31.1 Å². The van der Waals surface area contributed by atoms with Gasteiger partial charge in [-0.3, -0.25) is 10.1 Å². The summed E-state index contributed by atoms with van der Waals surface area (Å²) in [7, 11) is 2.02. The van der Waals surface area contributed by atoms with Gasteiger partial charge in [-0.2, -0.15) is 0 Å². The van der Waals surface area contributed by atoms with Crippen LogP contribution in [0.25, 0.3) is 0 Å². The maximum absolute atomic E-state index is 10.7. The lowest BCUT2D eigenvalue weighted by Crippen LogP contribution is -2.56. The van der Waals surface area contributed by atoms with E-state index in [0.717, 1.165) is 18.8 Å². The van der Waals surface area contributed by atoms with Crippen LogP contribution in [0.2, 0.25) is 0 Å². The maximum atomic E-state index is 10.7. The molecule has 5 nitrogen and oxygen atoms in total. The van der Waals surface area contributed by atoms with Crippen LogP contribution >= 0.6 is 0 Å². The minimum Gasteiger partial charge on any atom is -0.369 e. The summed E-state index contributed by atoms with van der Waals surface area (Å²) in [4.78, 5) is 12.5. The van der Waals surface area contributed by atoms with Gasteiger partial charge in [0.1, 0.15) is 0 Å². The standard InChI is InChI=1S/C11H15N3O2/c1-8-5-9(3-4-11(8)14(15)16)13(2)10-6-12-7-10/h3-5,10,12H,6-7H2,1-2H3. The lowest BCUT2D eigenvalue weighted by Gasteiger charge is -2.37. The molecule has 1 aromatic carbocycles. The second kappa shape index (κ2) is 4.09. The highest BCUT2D eigenvalue weighted by Crippen LogP contribution is 2.25. The number of nitrogens with one attached hydrogen (secondary N) is 1. The summed E-state index contributed by atoms with van der Waals surface area (Å²) in [6, 6.07) is 5.76. The van der Waals surface area contributed by atoms with Crippen molar-refractivity contribution in [2.45, 2.75) is 13.0 Å². The highest BCUT2D eigenvalue weighted by atomic mass is 16.6. The van der Waals surface area contributed by atoms with Crippen molar-refractivity contribution in [3.05, 3.63) is 33.9 Å². The number of hydrogen-bond acceptors (Lipinski definition) is 4. The number of hydrogen-bond donors (Lipinski definition) is 1. The third kappa shape index (κ3) is 1.86. The van der Waals surface area contributed by atoms with Gasteiger partial charge >= 0.3 is 0 Å². The van der Waals surface area contributed by atoms with Crippen LogP contribution in [0, 0.1) is 17.0 Å². The Bertz CT molecular complexity index is 416. The molecular weight excluding hydrogens is 206 g/mol.